The Kier molecular flexibility index (Phi) is 6.35. The number of nitrogens with zero attached hydrogens (tertiary/aromatic N) is 4. The highest BCUT2D eigenvalue weighted by Crippen LogP contribution is 2.27. The first kappa shape index (κ1) is 21.0. The highest BCUT2D eigenvalue weighted by atomic mass is 35.5. The first-order chi connectivity index (χ1) is 13.5. The number of nitrogens with two attached hydrogens (primary N) is 1. The van der Waals surface area contributed by atoms with E-state index in [0.717, 1.165) is 11.4 Å². The minimum absolute atomic E-state index is 0. The van der Waals surface area contributed by atoms with Crippen LogP contribution in [0.15, 0.2) is 54.6 Å². The van der Waals surface area contributed by atoms with Crippen LogP contribution in [-0.4, -0.2) is 44.9 Å². The van der Waals surface area contributed by atoms with Crippen LogP contribution in [0.5, 0.6) is 0 Å². The SMILES string of the molecule is Cc1ccc(-n2nnc(CC(=O)N3C[C@@H](N)[C@H](c4ccccc4)C3)c2C)cc1.Cl. The smallest absolute Gasteiger partial charge is 0.228 e. The van der Waals surface area contributed by atoms with Crippen LogP contribution in [0.3, 0.4) is 0 Å². The van der Waals surface area contributed by atoms with E-state index in [1.54, 1.807) is 4.68 Å². The number of carbonyl (C=O) groups is 1. The molecule has 3 aromatic rings. The van der Waals surface area contributed by atoms with Crippen LogP contribution in [-0.2, 0) is 11.2 Å². The molecule has 4 rings (SSSR count). The number of halogens is 1. The van der Waals surface area contributed by atoms with Crippen LogP contribution in [0.2, 0.25) is 0 Å². The van der Waals surface area contributed by atoms with E-state index >= 15 is 0 Å². The third kappa shape index (κ3) is 4.33. The van der Waals surface area contributed by atoms with Crippen LogP contribution in [0.1, 0.15) is 28.4 Å². The Labute approximate surface area is 177 Å². The normalized spacial score (nSPS) is 18.5. The van der Waals surface area contributed by atoms with Crippen LogP contribution in [0.4, 0.5) is 0 Å². The van der Waals surface area contributed by atoms with Gasteiger partial charge in [-0.3, -0.25) is 4.79 Å². The predicted molar refractivity (Wildman–Crippen MR) is 116 cm³/mol. The fourth-order valence-corrected chi connectivity index (χ4v) is 3.80. The van der Waals surface area contributed by atoms with Crippen molar-refractivity contribution < 1.29 is 4.79 Å². The largest absolute Gasteiger partial charge is 0.340 e. The van der Waals surface area contributed by atoms with Gasteiger partial charge in [0.1, 0.15) is 0 Å². The summed E-state index contributed by atoms with van der Waals surface area (Å²) in [6.45, 7) is 5.22. The van der Waals surface area contributed by atoms with E-state index < -0.39 is 0 Å². The van der Waals surface area contributed by atoms with Crippen molar-refractivity contribution in [2.75, 3.05) is 13.1 Å². The Morgan fingerprint density at radius 1 is 1.07 bits per heavy atom. The average molecular weight is 412 g/mol. The summed E-state index contributed by atoms with van der Waals surface area (Å²) in [6.07, 6.45) is 0.242. The van der Waals surface area contributed by atoms with Crippen LogP contribution < -0.4 is 5.73 Å². The molecule has 0 saturated carbocycles. The molecule has 1 amide bonds. The number of aromatic nitrogens is 3. The van der Waals surface area contributed by atoms with Crippen molar-refractivity contribution in [3.8, 4) is 5.69 Å². The molecule has 0 spiro atoms. The van der Waals surface area contributed by atoms with Gasteiger partial charge < -0.3 is 10.6 Å². The summed E-state index contributed by atoms with van der Waals surface area (Å²) >= 11 is 0. The van der Waals surface area contributed by atoms with Gasteiger partial charge in [-0.05, 0) is 31.5 Å². The summed E-state index contributed by atoms with van der Waals surface area (Å²) in [6, 6.07) is 18.2. The van der Waals surface area contributed by atoms with Gasteiger partial charge in [-0.15, -0.1) is 17.5 Å². The lowest BCUT2D eigenvalue weighted by Gasteiger charge is -2.16. The Hall–Kier alpha value is -2.70. The lowest BCUT2D eigenvalue weighted by atomic mass is 9.95. The molecule has 29 heavy (non-hydrogen) atoms. The fraction of sp³-hybridized carbons (Fsp3) is 0.318. The highest BCUT2D eigenvalue weighted by Gasteiger charge is 2.34. The molecule has 2 heterocycles. The van der Waals surface area contributed by atoms with Gasteiger partial charge >= 0.3 is 0 Å². The number of rotatable bonds is 4. The predicted octanol–water partition coefficient (Wildman–Crippen LogP) is 2.80. The van der Waals surface area contributed by atoms with E-state index in [4.69, 9.17) is 5.73 Å². The third-order valence-electron chi connectivity index (χ3n) is 5.53. The topological polar surface area (TPSA) is 77.0 Å². The Morgan fingerprint density at radius 2 is 1.76 bits per heavy atom. The molecule has 7 heteroatoms. The van der Waals surface area contributed by atoms with E-state index in [1.165, 1.54) is 11.1 Å². The lowest BCUT2D eigenvalue weighted by Crippen LogP contribution is -2.33. The molecule has 0 bridgehead atoms. The molecular weight excluding hydrogens is 386 g/mol. The second-order valence-corrected chi connectivity index (χ2v) is 7.53. The van der Waals surface area contributed by atoms with Crippen molar-refractivity contribution in [1.82, 2.24) is 19.9 Å². The van der Waals surface area contributed by atoms with Gasteiger partial charge in [0.2, 0.25) is 5.91 Å². The quantitative estimate of drug-likeness (QED) is 0.716. The number of hydrogen-bond acceptors (Lipinski definition) is 4. The maximum Gasteiger partial charge on any atom is 0.228 e. The zero-order valence-corrected chi connectivity index (χ0v) is 17.5. The molecular formula is C22H26ClN5O. The standard InChI is InChI=1S/C22H25N5O.ClH/c1-15-8-10-18(11-9-15)27-16(2)21(24-25-27)12-22(28)26-13-19(20(23)14-26)17-6-4-3-5-7-17;/h3-11,19-20H,12-14,23H2,1-2H3;1H/t19-,20+;/m0./s1. The Morgan fingerprint density at radius 3 is 2.45 bits per heavy atom. The minimum atomic E-state index is -0.0457. The van der Waals surface area contributed by atoms with Crippen LogP contribution in [0, 0.1) is 13.8 Å². The number of hydrogen-bond donors (Lipinski definition) is 1. The van der Waals surface area contributed by atoms with Crippen molar-refractivity contribution in [1.29, 1.82) is 0 Å². The molecule has 6 nitrogen and oxygen atoms in total. The van der Waals surface area contributed by atoms with Crippen LogP contribution >= 0.6 is 12.4 Å². The molecule has 0 unspecified atom stereocenters. The average Bonchev–Trinajstić information content (AvgIpc) is 3.27. The van der Waals surface area contributed by atoms with Gasteiger partial charge in [0.15, 0.2) is 0 Å². The van der Waals surface area contributed by atoms with Crippen molar-refractivity contribution >= 4 is 18.3 Å². The minimum Gasteiger partial charge on any atom is -0.340 e. The van der Waals surface area contributed by atoms with E-state index in [2.05, 4.69) is 22.4 Å². The van der Waals surface area contributed by atoms with Gasteiger partial charge in [-0.25, -0.2) is 4.68 Å². The van der Waals surface area contributed by atoms with Gasteiger partial charge in [0.05, 0.1) is 23.5 Å². The summed E-state index contributed by atoms with van der Waals surface area (Å²) in [7, 11) is 0. The molecule has 0 aliphatic carbocycles. The zero-order chi connectivity index (χ0) is 19.7. The molecule has 1 fully saturated rings. The van der Waals surface area contributed by atoms with Gasteiger partial charge in [0.25, 0.3) is 0 Å². The molecule has 2 N–H and O–H groups in total. The number of benzene rings is 2. The Bertz CT molecular complexity index is 971. The second-order valence-electron chi connectivity index (χ2n) is 7.53. The summed E-state index contributed by atoms with van der Waals surface area (Å²) in [5.74, 6) is 0.224. The molecule has 2 atom stereocenters. The van der Waals surface area contributed by atoms with E-state index in [-0.39, 0.29) is 36.7 Å². The Balaban J connectivity index is 0.00000240. The summed E-state index contributed by atoms with van der Waals surface area (Å²) in [5.41, 5.74) is 11.3. The van der Waals surface area contributed by atoms with E-state index in [1.807, 2.05) is 61.2 Å². The fourth-order valence-electron chi connectivity index (χ4n) is 3.80. The van der Waals surface area contributed by atoms with Crippen LogP contribution in [0.25, 0.3) is 5.69 Å². The number of carbonyl (C=O) groups excluding carboxylic acids is 1. The molecule has 1 aliphatic heterocycles. The summed E-state index contributed by atoms with van der Waals surface area (Å²) in [5, 5.41) is 8.50. The van der Waals surface area contributed by atoms with Crippen molar-refractivity contribution in [3.05, 3.63) is 77.1 Å². The van der Waals surface area contributed by atoms with Crippen molar-refractivity contribution in [2.24, 2.45) is 5.73 Å². The lowest BCUT2D eigenvalue weighted by molar-refractivity contribution is -0.129. The summed E-state index contributed by atoms with van der Waals surface area (Å²) in [4.78, 5) is 14.7. The highest BCUT2D eigenvalue weighted by molar-refractivity contribution is 5.85. The van der Waals surface area contributed by atoms with Crippen molar-refractivity contribution in [3.63, 3.8) is 0 Å². The van der Waals surface area contributed by atoms with E-state index in [9.17, 15) is 4.79 Å². The third-order valence-corrected chi connectivity index (χ3v) is 5.53. The first-order valence-corrected chi connectivity index (χ1v) is 9.59. The first-order valence-electron chi connectivity index (χ1n) is 9.59. The molecule has 1 aromatic heterocycles. The van der Waals surface area contributed by atoms with Gasteiger partial charge in [0, 0.05) is 25.0 Å². The monoisotopic (exact) mass is 411 g/mol. The molecule has 1 saturated heterocycles. The maximum atomic E-state index is 12.9. The number of likely N-dealkylation sites (tertiary alicyclic amines) is 1. The molecule has 1 aliphatic rings. The summed E-state index contributed by atoms with van der Waals surface area (Å²) < 4.78 is 1.78. The maximum absolute atomic E-state index is 12.9. The zero-order valence-electron chi connectivity index (χ0n) is 16.7. The molecule has 2 aromatic carbocycles. The van der Waals surface area contributed by atoms with Gasteiger partial charge in [-0.1, -0.05) is 53.2 Å². The number of amides is 1. The second kappa shape index (κ2) is 8.76. The van der Waals surface area contributed by atoms with Gasteiger partial charge in [-0.2, -0.15) is 0 Å². The van der Waals surface area contributed by atoms with Crippen molar-refractivity contribution in [2.45, 2.75) is 32.2 Å². The molecule has 0 radical (unpaired) electrons. The molecule has 152 valence electrons. The van der Waals surface area contributed by atoms with E-state index in [0.29, 0.717) is 18.8 Å². The number of aryl methyl sites for hydroxylation is 1.